The lowest BCUT2D eigenvalue weighted by Crippen LogP contribution is -2.61. The second kappa shape index (κ2) is 9.04. The quantitative estimate of drug-likeness (QED) is 0.568. The van der Waals surface area contributed by atoms with Crippen molar-refractivity contribution in [2.24, 2.45) is 5.41 Å². The molecular weight excluding hydrogens is 479 g/mol. The fourth-order valence-corrected chi connectivity index (χ4v) is 5.71. The standard InChI is InChI=1S/C24H30F3N5O4/c1-28-21(34)31-11-16(9-23(13-31)10-20(33)29-12-23)32(15-4-5-15)22(35)30-19-8-18(19)14-2-6-17(7-3-14)36-24(25,26)27/h2-3,6-7,15-16,18-19H,4-5,8-13H2,1H3,(H,28,34)(H,29,33)(H,30,35)/t16-,18-,19+,23?/m1/s1. The summed E-state index contributed by atoms with van der Waals surface area (Å²) in [7, 11) is 1.57. The molecule has 4 fully saturated rings. The van der Waals surface area contributed by atoms with Gasteiger partial charge in [-0.15, -0.1) is 13.2 Å². The number of urea groups is 2. The molecule has 12 heteroatoms. The van der Waals surface area contributed by atoms with E-state index in [2.05, 4.69) is 20.7 Å². The van der Waals surface area contributed by atoms with Crippen LogP contribution in [0.25, 0.3) is 0 Å². The average molecular weight is 510 g/mol. The van der Waals surface area contributed by atoms with Gasteiger partial charge in [-0.05, 0) is 43.4 Å². The Kier molecular flexibility index (Phi) is 6.16. The summed E-state index contributed by atoms with van der Waals surface area (Å²) in [5.41, 5.74) is 0.438. The topological polar surface area (TPSA) is 103 Å². The molecule has 5 rings (SSSR count). The molecule has 0 bridgehead atoms. The molecule has 0 aromatic heterocycles. The van der Waals surface area contributed by atoms with Crippen LogP contribution < -0.4 is 20.7 Å². The zero-order valence-electron chi connectivity index (χ0n) is 19.9. The minimum Gasteiger partial charge on any atom is -0.406 e. The number of piperidine rings is 1. The van der Waals surface area contributed by atoms with E-state index in [0.717, 1.165) is 18.4 Å². The summed E-state index contributed by atoms with van der Waals surface area (Å²) in [5, 5.41) is 8.64. The predicted molar refractivity (Wildman–Crippen MR) is 122 cm³/mol. The van der Waals surface area contributed by atoms with Gasteiger partial charge in [0.15, 0.2) is 0 Å². The molecule has 36 heavy (non-hydrogen) atoms. The van der Waals surface area contributed by atoms with E-state index in [0.29, 0.717) is 38.9 Å². The predicted octanol–water partition coefficient (Wildman–Crippen LogP) is 2.54. The van der Waals surface area contributed by atoms with Crippen LogP contribution in [0.1, 0.15) is 43.6 Å². The first-order chi connectivity index (χ1) is 17.1. The summed E-state index contributed by atoms with van der Waals surface area (Å²) in [5.74, 6) is -0.298. The molecule has 1 aromatic rings. The second-order valence-corrected chi connectivity index (χ2v) is 10.4. The van der Waals surface area contributed by atoms with Gasteiger partial charge in [0.2, 0.25) is 5.91 Å². The Morgan fingerprint density at radius 2 is 1.92 bits per heavy atom. The SMILES string of the molecule is CNC(=O)N1C[C@H](N(C(=O)N[C@H]2C[C@@H]2c2ccc(OC(F)(F)F)cc2)C2CC2)CC2(CNC(=O)C2)C1. The van der Waals surface area contributed by atoms with Crippen LogP contribution in [0.5, 0.6) is 5.75 Å². The van der Waals surface area contributed by atoms with Crippen LogP contribution >= 0.6 is 0 Å². The van der Waals surface area contributed by atoms with Crippen LogP contribution in [0.15, 0.2) is 24.3 Å². The molecule has 0 radical (unpaired) electrons. The number of benzene rings is 1. The summed E-state index contributed by atoms with van der Waals surface area (Å²) < 4.78 is 41.1. The van der Waals surface area contributed by atoms with Gasteiger partial charge in [-0.25, -0.2) is 9.59 Å². The third kappa shape index (κ3) is 5.31. The molecule has 1 aromatic carbocycles. The van der Waals surface area contributed by atoms with Crippen molar-refractivity contribution < 1.29 is 32.3 Å². The largest absolute Gasteiger partial charge is 0.573 e. The molecule has 196 valence electrons. The van der Waals surface area contributed by atoms with Crippen molar-refractivity contribution in [2.75, 3.05) is 26.7 Å². The summed E-state index contributed by atoms with van der Waals surface area (Å²) in [6, 6.07) is 5.08. The van der Waals surface area contributed by atoms with Crippen LogP contribution in [0.3, 0.4) is 0 Å². The molecule has 1 spiro atoms. The van der Waals surface area contributed by atoms with Gasteiger partial charge >= 0.3 is 18.4 Å². The molecular formula is C24H30F3N5O4. The van der Waals surface area contributed by atoms with Gasteiger partial charge in [0.1, 0.15) is 5.75 Å². The number of rotatable bonds is 5. The van der Waals surface area contributed by atoms with E-state index in [9.17, 15) is 27.6 Å². The van der Waals surface area contributed by atoms with Crippen LogP contribution in [0.4, 0.5) is 22.8 Å². The molecule has 4 atom stereocenters. The summed E-state index contributed by atoms with van der Waals surface area (Å²) in [4.78, 5) is 41.6. The third-order valence-electron chi connectivity index (χ3n) is 7.53. The molecule has 2 heterocycles. The molecule has 2 saturated heterocycles. The Labute approximate surface area is 206 Å². The van der Waals surface area contributed by atoms with E-state index in [-0.39, 0.29) is 47.8 Å². The Morgan fingerprint density at radius 3 is 2.50 bits per heavy atom. The number of nitrogens with one attached hydrogen (secondary N) is 3. The first kappa shape index (κ1) is 24.5. The Balaban J connectivity index is 1.25. The minimum absolute atomic E-state index is 0.0201. The lowest BCUT2D eigenvalue weighted by Gasteiger charge is -2.47. The molecule has 4 aliphatic rings. The number of carbonyl (C=O) groups is 3. The number of nitrogens with zero attached hydrogens (tertiary/aromatic N) is 2. The van der Waals surface area contributed by atoms with Crippen molar-refractivity contribution in [3.63, 3.8) is 0 Å². The molecule has 2 aliphatic carbocycles. The smallest absolute Gasteiger partial charge is 0.406 e. The number of amides is 5. The van der Waals surface area contributed by atoms with E-state index in [1.807, 2.05) is 4.90 Å². The second-order valence-electron chi connectivity index (χ2n) is 10.4. The van der Waals surface area contributed by atoms with E-state index < -0.39 is 11.8 Å². The van der Waals surface area contributed by atoms with E-state index >= 15 is 0 Å². The maximum absolute atomic E-state index is 13.4. The maximum atomic E-state index is 13.4. The highest BCUT2D eigenvalue weighted by molar-refractivity contribution is 5.80. The van der Waals surface area contributed by atoms with Crippen LogP contribution in [0.2, 0.25) is 0 Å². The molecule has 3 N–H and O–H groups in total. The Bertz CT molecular complexity index is 1030. The lowest BCUT2D eigenvalue weighted by molar-refractivity contribution is -0.274. The van der Waals surface area contributed by atoms with Crippen LogP contribution in [0, 0.1) is 5.41 Å². The van der Waals surface area contributed by atoms with Crippen molar-refractivity contribution in [1.29, 1.82) is 0 Å². The monoisotopic (exact) mass is 509 g/mol. The van der Waals surface area contributed by atoms with Crippen LogP contribution in [-0.4, -0.2) is 78.9 Å². The Hall–Kier alpha value is -3.18. The van der Waals surface area contributed by atoms with Crippen molar-refractivity contribution >= 4 is 18.0 Å². The fraction of sp³-hybridized carbons (Fsp3) is 0.625. The number of ether oxygens (including phenoxy) is 1. The van der Waals surface area contributed by atoms with E-state index in [4.69, 9.17) is 0 Å². The Morgan fingerprint density at radius 1 is 1.19 bits per heavy atom. The summed E-state index contributed by atoms with van der Waals surface area (Å²) >= 11 is 0. The highest BCUT2D eigenvalue weighted by Gasteiger charge is 2.51. The van der Waals surface area contributed by atoms with Gasteiger partial charge in [-0.2, -0.15) is 0 Å². The number of halogens is 3. The number of likely N-dealkylation sites (tertiary alicyclic amines) is 1. The van der Waals surface area contributed by atoms with Gasteiger partial charge < -0.3 is 30.5 Å². The van der Waals surface area contributed by atoms with Crippen LogP contribution in [-0.2, 0) is 4.79 Å². The number of hydrogen-bond donors (Lipinski definition) is 3. The first-order valence-corrected chi connectivity index (χ1v) is 12.2. The van der Waals surface area contributed by atoms with E-state index in [1.54, 1.807) is 24.1 Å². The zero-order chi connectivity index (χ0) is 25.7. The van der Waals surface area contributed by atoms with Gasteiger partial charge in [-0.3, -0.25) is 4.79 Å². The molecule has 1 unspecified atom stereocenters. The van der Waals surface area contributed by atoms with Crippen molar-refractivity contribution in [3.8, 4) is 5.75 Å². The number of hydrogen-bond acceptors (Lipinski definition) is 4. The van der Waals surface area contributed by atoms with Gasteiger partial charge in [-0.1, -0.05) is 12.1 Å². The summed E-state index contributed by atoms with van der Waals surface area (Å²) in [6.45, 7) is 1.34. The normalized spacial score (nSPS) is 29.5. The van der Waals surface area contributed by atoms with Crippen molar-refractivity contribution in [3.05, 3.63) is 29.8 Å². The zero-order valence-corrected chi connectivity index (χ0v) is 19.9. The maximum Gasteiger partial charge on any atom is 0.573 e. The highest BCUT2D eigenvalue weighted by Crippen LogP contribution is 2.43. The van der Waals surface area contributed by atoms with Gasteiger partial charge in [0.25, 0.3) is 0 Å². The average Bonchev–Trinajstić information content (AvgIpc) is 3.74. The number of carbonyl (C=O) groups excluding carboxylic acids is 3. The van der Waals surface area contributed by atoms with Crippen molar-refractivity contribution in [2.45, 2.75) is 62.5 Å². The van der Waals surface area contributed by atoms with Gasteiger partial charge in [0.05, 0.1) is 6.04 Å². The number of alkyl halides is 3. The minimum atomic E-state index is -4.74. The highest BCUT2D eigenvalue weighted by atomic mass is 19.4. The first-order valence-electron chi connectivity index (χ1n) is 12.2. The summed E-state index contributed by atoms with van der Waals surface area (Å²) in [6.07, 6.45) is -1.29. The fourth-order valence-electron chi connectivity index (χ4n) is 5.71. The van der Waals surface area contributed by atoms with E-state index in [1.165, 1.54) is 12.1 Å². The van der Waals surface area contributed by atoms with Crippen molar-refractivity contribution in [1.82, 2.24) is 25.8 Å². The lowest BCUT2D eigenvalue weighted by atomic mass is 9.76. The molecule has 2 aliphatic heterocycles. The molecule has 2 saturated carbocycles. The molecule has 5 amide bonds. The third-order valence-corrected chi connectivity index (χ3v) is 7.53. The molecule has 9 nitrogen and oxygen atoms in total. The van der Waals surface area contributed by atoms with Gasteiger partial charge in [0, 0.05) is 56.5 Å².